The van der Waals surface area contributed by atoms with Crippen molar-refractivity contribution in [2.24, 2.45) is 5.92 Å². The van der Waals surface area contributed by atoms with Gasteiger partial charge in [0.15, 0.2) is 0 Å². The summed E-state index contributed by atoms with van der Waals surface area (Å²) in [5, 5.41) is 13.6. The first-order valence-corrected chi connectivity index (χ1v) is 4.95. The largest absolute Gasteiger partial charge is 0.364 e. The van der Waals surface area contributed by atoms with Crippen molar-refractivity contribution in [1.82, 2.24) is 9.97 Å². The zero-order valence-corrected chi connectivity index (χ0v) is 8.57. The molecule has 0 atom stereocenters. The third kappa shape index (κ3) is 2.53. The summed E-state index contributed by atoms with van der Waals surface area (Å²) in [7, 11) is 0. The lowest BCUT2D eigenvalue weighted by Gasteiger charge is -2.04. The molecule has 1 saturated carbocycles. The number of rotatable bonds is 4. The van der Waals surface area contributed by atoms with E-state index in [2.05, 4.69) is 15.3 Å². The van der Waals surface area contributed by atoms with Crippen LogP contribution in [0.2, 0.25) is 5.28 Å². The quantitative estimate of drug-likeness (QED) is 0.483. The van der Waals surface area contributed by atoms with E-state index in [1.54, 1.807) is 0 Å². The maximum Gasteiger partial charge on any atom is 0.329 e. The van der Waals surface area contributed by atoms with Crippen molar-refractivity contribution in [2.45, 2.75) is 12.8 Å². The van der Waals surface area contributed by atoms with Gasteiger partial charge < -0.3 is 5.32 Å². The molecule has 7 heteroatoms. The van der Waals surface area contributed by atoms with Crippen LogP contribution in [0, 0.1) is 16.0 Å². The van der Waals surface area contributed by atoms with Crippen LogP contribution in [0.1, 0.15) is 12.8 Å². The molecule has 1 aromatic heterocycles. The van der Waals surface area contributed by atoms with Gasteiger partial charge in [0.1, 0.15) is 6.20 Å². The molecule has 1 aromatic rings. The Bertz CT molecular complexity index is 394. The molecule has 0 unspecified atom stereocenters. The molecular formula is C8H9ClN4O2. The molecule has 0 aromatic carbocycles. The second-order valence-corrected chi connectivity index (χ2v) is 3.79. The molecular weight excluding hydrogens is 220 g/mol. The van der Waals surface area contributed by atoms with Crippen molar-refractivity contribution in [1.29, 1.82) is 0 Å². The van der Waals surface area contributed by atoms with Crippen LogP contribution in [0.5, 0.6) is 0 Å². The lowest BCUT2D eigenvalue weighted by atomic mass is 10.4. The molecule has 15 heavy (non-hydrogen) atoms. The molecule has 0 spiro atoms. The Morgan fingerprint density at radius 1 is 1.67 bits per heavy atom. The average Bonchev–Trinajstić information content (AvgIpc) is 2.97. The maximum absolute atomic E-state index is 10.6. The molecule has 1 heterocycles. The zero-order chi connectivity index (χ0) is 10.8. The predicted octanol–water partition coefficient (Wildman–Crippen LogP) is 1.86. The number of anilines is 1. The number of hydrogen-bond donors (Lipinski definition) is 1. The Labute approximate surface area is 90.8 Å². The topological polar surface area (TPSA) is 81.0 Å². The van der Waals surface area contributed by atoms with E-state index < -0.39 is 4.92 Å². The monoisotopic (exact) mass is 228 g/mol. The van der Waals surface area contributed by atoms with Gasteiger partial charge in [-0.1, -0.05) is 0 Å². The van der Waals surface area contributed by atoms with Crippen LogP contribution in [0.15, 0.2) is 6.20 Å². The van der Waals surface area contributed by atoms with Gasteiger partial charge in [-0.3, -0.25) is 10.1 Å². The van der Waals surface area contributed by atoms with E-state index in [1.807, 2.05) is 0 Å². The fraction of sp³-hybridized carbons (Fsp3) is 0.500. The molecule has 1 N–H and O–H groups in total. The number of nitrogens with one attached hydrogen (secondary N) is 1. The van der Waals surface area contributed by atoms with Crippen molar-refractivity contribution >= 4 is 23.1 Å². The molecule has 0 radical (unpaired) electrons. The average molecular weight is 229 g/mol. The van der Waals surface area contributed by atoms with Gasteiger partial charge in [-0.15, -0.1) is 0 Å². The Morgan fingerprint density at radius 3 is 3.00 bits per heavy atom. The smallest absolute Gasteiger partial charge is 0.329 e. The van der Waals surface area contributed by atoms with Crippen LogP contribution in [-0.4, -0.2) is 21.4 Å². The third-order valence-electron chi connectivity index (χ3n) is 2.19. The van der Waals surface area contributed by atoms with Gasteiger partial charge in [0.25, 0.3) is 0 Å². The summed E-state index contributed by atoms with van der Waals surface area (Å²) < 4.78 is 0. The molecule has 0 aliphatic heterocycles. The van der Waals surface area contributed by atoms with E-state index in [4.69, 9.17) is 11.6 Å². The Kier molecular flexibility index (Phi) is 2.68. The molecule has 1 aliphatic rings. The van der Waals surface area contributed by atoms with Gasteiger partial charge >= 0.3 is 5.69 Å². The molecule has 0 bridgehead atoms. The van der Waals surface area contributed by atoms with Crippen LogP contribution in [0.4, 0.5) is 11.5 Å². The fourth-order valence-electron chi connectivity index (χ4n) is 1.18. The Morgan fingerprint density at radius 2 is 2.40 bits per heavy atom. The highest BCUT2D eigenvalue weighted by Gasteiger charge is 2.23. The number of nitrogens with zero attached hydrogens (tertiary/aromatic N) is 3. The van der Waals surface area contributed by atoms with Gasteiger partial charge in [0, 0.05) is 6.54 Å². The Hall–Kier alpha value is -1.43. The molecule has 6 nitrogen and oxygen atoms in total. The summed E-state index contributed by atoms with van der Waals surface area (Å²) in [5.74, 6) is 0.810. The van der Waals surface area contributed by atoms with Gasteiger partial charge in [0.05, 0.1) is 4.92 Å². The summed E-state index contributed by atoms with van der Waals surface area (Å²) in [4.78, 5) is 17.5. The first-order chi connectivity index (χ1) is 7.16. The third-order valence-corrected chi connectivity index (χ3v) is 2.37. The molecule has 1 aliphatic carbocycles. The maximum atomic E-state index is 10.6. The highest BCUT2D eigenvalue weighted by atomic mass is 35.5. The zero-order valence-electron chi connectivity index (χ0n) is 7.81. The van der Waals surface area contributed by atoms with Crippen LogP contribution < -0.4 is 5.32 Å². The van der Waals surface area contributed by atoms with E-state index >= 15 is 0 Å². The van der Waals surface area contributed by atoms with E-state index in [9.17, 15) is 10.1 Å². The summed E-state index contributed by atoms with van der Waals surface area (Å²) in [5.41, 5.74) is -0.139. The van der Waals surface area contributed by atoms with Crippen LogP contribution in [0.3, 0.4) is 0 Å². The predicted molar refractivity (Wildman–Crippen MR) is 54.9 cm³/mol. The van der Waals surface area contributed by atoms with Crippen molar-refractivity contribution in [2.75, 3.05) is 11.9 Å². The van der Waals surface area contributed by atoms with Crippen molar-refractivity contribution in [3.05, 3.63) is 21.6 Å². The summed E-state index contributed by atoms with van der Waals surface area (Å²) >= 11 is 5.57. The normalized spacial score (nSPS) is 15.0. The highest BCUT2D eigenvalue weighted by molar-refractivity contribution is 6.28. The first kappa shape index (κ1) is 10.1. The molecule has 0 saturated heterocycles. The number of halogens is 1. The van der Waals surface area contributed by atoms with Gasteiger partial charge in [-0.05, 0) is 30.4 Å². The van der Waals surface area contributed by atoms with E-state index in [1.165, 1.54) is 12.8 Å². The van der Waals surface area contributed by atoms with Crippen LogP contribution in [0.25, 0.3) is 0 Å². The minimum Gasteiger partial charge on any atom is -0.364 e. The van der Waals surface area contributed by atoms with Crippen LogP contribution in [-0.2, 0) is 0 Å². The minimum absolute atomic E-state index is 0.0129. The number of nitro groups is 1. The van der Waals surface area contributed by atoms with Gasteiger partial charge in [-0.25, -0.2) is 4.98 Å². The number of aromatic nitrogens is 2. The highest BCUT2D eigenvalue weighted by Crippen LogP contribution is 2.30. The first-order valence-electron chi connectivity index (χ1n) is 4.57. The van der Waals surface area contributed by atoms with Crippen LogP contribution >= 0.6 is 11.6 Å². The van der Waals surface area contributed by atoms with Crippen molar-refractivity contribution < 1.29 is 4.92 Å². The van der Waals surface area contributed by atoms with E-state index in [0.29, 0.717) is 12.5 Å². The minimum atomic E-state index is -0.522. The Balaban J connectivity index is 2.16. The van der Waals surface area contributed by atoms with Crippen molar-refractivity contribution in [3.63, 3.8) is 0 Å². The van der Waals surface area contributed by atoms with Crippen molar-refractivity contribution in [3.8, 4) is 0 Å². The lowest BCUT2D eigenvalue weighted by Crippen LogP contribution is -2.08. The van der Waals surface area contributed by atoms with Gasteiger partial charge in [0.2, 0.25) is 11.1 Å². The SMILES string of the molecule is O=[N+]([O-])c1cnc(Cl)nc1NCC1CC1. The fourth-order valence-corrected chi connectivity index (χ4v) is 1.31. The number of hydrogen-bond acceptors (Lipinski definition) is 5. The van der Waals surface area contributed by atoms with E-state index in [0.717, 1.165) is 6.20 Å². The summed E-state index contributed by atoms with van der Waals surface area (Å²) in [6, 6.07) is 0. The lowest BCUT2D eigenvalue weighted by molar-refractivity contribution is -0.384. The molecule has 0 amide bonds. The van der Waals surface area contributed by atoms with Gasteiger partial charge in [-0.2, -0.15) is 4.98 Å². The standard InChI is InChI=1S/C8H9ClN4O2/c9-8-11-4-6(13(14)15)7(12-8)10-3-5-1-2-5/h4-5H,1-3H2,(H,10,11,12). The molecule has 2 rings (SSSR count). The molecule has 80 valence electrons. The molecule has 1 fully saturated rings. The second kappa shape index (κ2) is 3.98. The summed E-state index contributed by atoms with van der Waals surface area (Å²) in [6.45, 7) is 0.703. The summed E-state index contributed by atoms with van der Waals surface area (Å²) in [6.07, 6.45) is 3.45. The van der Waals surface area contributed by atoms with E-state index in [-0.39, 0.29) is 16.8 Å². The second-order valence-electron chi connectivity index (χ2n) is 3.45.